The van der Waals surface area contributed by atoms with Crippen molar-refractivity contribution in [3.05, 3.63) is 35.4 Å². The van der Waals surface area contributed by atoms with Gasteiger partial charge < -0.3 is 10.6 Å². The number of hydrogen-bond donors (Lipinski definition) is 2. The molecular weight excluding hydrogens is 293 g/mol. The van der Waals surface area contributed by atoms with Crippen LogP contribution in [0.3, 0.4) is 0 Å². The van der Waals surface area contributed by atoms with Gasteiger partial charge in [0.1, 0.15) is 0 Å². The summed E-state index contributed by atoms with van der Waals surface area (Å²) in [5.74, 6) is 0.339. The van der Waals surface area contributed by atoms with E-state index in [0.29, 0.717) is 18.0 Å². The van der Waals surface area contributed by atoms with Crippen LogP contribution in [0.1, 0.15) is 30.4 Å². The molecule has 122 valence electrons. The van der Waals surface area contributed by atoms with Crippen LogP contribution in [0.25, 0.3) is 0 Å². The molecule has 1 aromatic rings. The SMILES string of the molecule is O=C(Cc1cccc(C(F)(F)F)c1)NCCC1CCCNC1. The first-order valence-corrected chi connectivity index (χ1v) is 7.58. The number of alkyl halides is 3. The van der Waals surface area contributed by atoms with Crippen molar-refractivity contribution in [3.8, 4) is 0 Å². The zero-order valence-electron chi connectivity index (χ0n) is 12.4. The largest absolute Gasteiger partial charge is 0.416 e. The van der Waals surface area contributed by atoms with Crippen LogP contribution in [-0.4, -0.2) is 25.5 Å². The zero-order chi connectivity index (χ0) is 16.0. The van der Waals surface area contributed by atoms with E-state index in [1.54, 1.807) is 6.07 Å². The smallest absolute Gasteiger partial charge is 0.356 e. The Kier molecular flexibility index (Phi) is 5.83. The maximum atomic E-state index is 12.6. The van der Waals surface area contributed by atoms with E-state index < -0.39 is 11.7 Å². The van der Waals surface area contributed by atoms with E-state index in [2.05, 4.69) is 10.6 Å². The monoisotopic (exact) mass is 314 g/mol. The molecule has 0 radical (unpaired) electrons. The van der Waals surface area contributed by atoms with Crippen LogP contribution >= 0.6 is 0 Å². The van der Waals surface area contributed by atoms with E-state index in [1.165, 1.54) is 6.07 Å². The molecule has 0 saturated carbocycles. The van der Waals surface area contributed by atoms with Gasteiger partial charge in [0.05, 0.1) is 12.0 Å². The lowest BCUT2D eigenvalue weighted by Crippen LogP contribution is -2.33. The maximum Gasteiger partial charge on any atom is 0.416 e. The standard InChI is InChI=1S/C16H21F3N2O/c17-16(18,19)14-5-1-3-13(9-14)10-15(22)21-8-6-12-4-2-7-20-11-12/h1,3,5,9,12,20H,2,4,6-8,10-11H2,(H,21,22). The maximum absolute atomic E-state index is 12.6. The van der Waals surface area contributed by atoms with Crippen LogP contribution in [0.15, 0.2) is 24.3 Å². The number of carbonyl (C=O) groups is 1. The van der Waals surface area contributed by atoms with E-state index in [0.717, 1.165) is 44.5 Å². The van der Waals surface area contributed by atoms with Gasteiger partial charge in [-0.3, -0.25) is 4.79 Å². The molecule has 1 atom stereocenters. The summed E-state index contributed by atoms with van der Waals surface area (Å²) < 4.78 is 37.8. The fraction of sp³-hybridized carbons (Fsp3) is 0.562. The molecule has 1 aromatic carbocycles. The third-order valence-corrected chi connectivity index (χ3v) is 3.89. The molecule has 1 saturated heterocycles. The van der Waals surface area contributed by atoms with Crippen LogP contribution in [0, 0.1) is 5.92 Å². The number of piperidine rings is 1. The number of rotatable bonds is 5. The molecule has 1 aliphatic rings. The third-order valence-electron chi connectivity index (χ3n) is 3.89. The molecular formula is C16H21F3N2O. The molecule has 1 fully saturated rings. The van der Waals surface area contributed by atoms with E-state index in [1.807, 2.05) is 0 Å². The van der Waals surface area contributed by atoms with Crippen molar-refractivity contribution in [2.45, 2.75) is 31.9 Å². The summed E-state index contributed by atoms with van der Waals surface area (Å²) >= 11 is 0. The first kappa shape index (κ1) is 16.8. The van der Waals surface area contributed by atoms with E-state index in [9.17, 15) is 18.0 Å². The van der Waals surface area contributed by atoms with Crippen molar-refractivity contribution < 1.29 is 18.0 Å². The van der Waals surface area contributed by atoms with Gasteiger partial charge in [0.25, 0.3) is 0 Å². The number of benzene rings is 1. The summed E-state index contributed by atoms with van der Waals surface area (Å²) in [6.45, 7) is 2.60. The minimum atomic E-state index is -4.37. The molecule has 1 aliphatic heterocycles. The van der Waals surface area contributed by atoms with Gasteiger partial charge in [-0.2, -0.15) is 13.2 Å². The molecule has 0 spiro atoms. The number of hydrogen-bond acceptors (Lipinski definition) is 2. The molecule has 3 nitrogen and oxygen atoms in total. The number of amides is 1. The summed E-state index contributed by atoms with van der Waals surface area (Å²) in [5.41, 5.74) is -0.335. The minimum absolute atomic E-state index is 0.0210. The molecule has 1 amide bonds. The molecule has 22 heavy (non-hydrogen) atoms. The Hall–Kier alpha value is -1.56. The first-order chi connectivity index (χ1) is 10.4. The fourth-order valence-corrected chi connectivity index (χ4v) is 2.69. The van der Waals surface area contributed by atoms with Crippen molar-refractivity contribution in [1.82, 2.24) is 10.6 Å². The molecule has 0 aromatic heterocycles. The highest BCUT2D eigenvalue weighted by atomic mass is 19.4. The summed E-state index contributed by atoms with van der Waals surface area (Å²) in [4.78, 5) is 11.8. The summed E-state index contributed by atoms with van der Waals surface area (Å²) in [5, 5.41) is 6.10. The van der Waals surface area contributed by atoms with Gasteiger partial charge in [0.15, 0.2) is 0 Å². The number of nitrogens with one attached hydrogen (secondary N) is 2. The lowest BCUT2D eigenvalue weighted by molar-refractivity contribution is -0.137. The highest BCUT2D eigenvalue weighted by molar-refractivity contribution is 5.78. The van der Waals surface area contributed by atoms with Gasteiger partial charge in [-0.05, 0) is 49.9 Å². The average Bonchev–Trinajstić information content (AvgIpc) is 2.48. The second-order valence-corrected chi connectivity index (χ2v) is 5.73. The Balaban J connectivity index is 1.77. The lowest BCUT2D eigenvalue weighted by atomic mass is 9.96. The van der Waals surface area contributed by atoms with Crippen molar-refractivity contribution in [2.24, 2.45) is 5.92 Å². The second kappa shape index (κ2) is 7.63. The summed E-state index contributed by atoms with van der Waals surface area (Å²) in [7, 11) is 0. The van der Waals surface area contributed by atoms with Crippen molar-refractivity contribution in [2.75, 3.05) is 19.6 Å². The van der Waals surface area contributed by atoms with Gasteiger partial charge in [-0.25, -0.2) is 0 Å². The minimum Gasteiger partial charge on any atom is -0.356 e. The Morgan fingerprint density at radius 2 is 2.18 bits per heavy atom. The summed E-state index contributed by atoms with van der Waals surface area (Å²) in [6.07, 6.45) is -1.17. The molecule has 1 heterocycles. The van der Waals surface area contributed by atoms with Crippen molar-refractivity contribution >= 4 is 5.91 Å². The van der Waals surface area contributed by atoms with Crippen molar-refractivity contribution in [3.63, 3.8) is 0 Å². The summed E-state index contributed by atoms with van der Waals surface area (Å²) in [6, 6.07) is 4.92. The van der Waals surface area contributed by atoms with Gasteiger partial charge in [0, 0.05) is 6.54 Å². The average molecular weight is 314 g/mol. The third kappa shape index (κ3) is 5.33. The molecule has 2 N–H and O–H groups in total. The van der Waals surface area contributed by atoms with Crippen LogP contribution in [-0.2, 0) is 17.4 Å². The molecule has 0 aliphatic carbocycles. The van der Waals surface area contributed by atoms with Gasteiger partial charge in [-0.15, -0.1) is 0 Å². The molecule has 2 rings (SSSR count). The van der Waals surface area contributed by atoms with Gasteiger partial charge >= 0.3 is 6.18 Å². The Labute approximate surface area is 128 Å². The van der Waals surface area contributed by atoms with Crippen LogP contribution in [0.2, 0.25) is 0 Å². The first-order valence-electron chi connectivity index (χ1n) is 7.58. The van der Waals surface area contributed by atoms with Gasteiger partial charge in [0.2, 0.25) is 5.91 Å². The molecule has 0 bridgehead atoms. The fourth-order valence-electron chi connectivity index (χ4n) is 2.69. The van der Waals surface area contributed by atoms with Crippen molar-refractivity contribution in [1.29, 1.82) is 0 Å². The van der Waals surface area contributed by atoms with Crippen LogP contribution < -0.4 is 10.6 Å². The van der Waals surface area contributed by atoms with Crippen LogP contribution in [0.4, 0.5) is 13.2 Å². The Bertz CT molecular complexity index is 496. The lowest BCUT2D eigenvalue weighted by Gasteiger charge is -2.22. The topological polar surface area (TPSA) is 41.1 Å². The Morgan fingerprint density at radius 3 is 2.86 bits per heavy atom. The number of carbonyl (C=O) groups excluding carboxylic acids is 1. The highest BCUT2D eigenvalue weighted by Crippen LogP contribution is 2.29. The Morgan fingerprint density at radius 1 is 1.36 bits per heavy atom. The quantitative estimate of drug-likeness (QED) is 0.877. The van der Waals surface area contributed by atoms with E-state index in [-0.39, 0.29) is 12.3 Å². The second-order valence-electron chi connectivity index (χ2n) is 5.73. The zero-order valence-corrected chi connectivity index (χ0v) is 12.4. The van der Waals surface area contributed by atoms with Gasteiger partial charge in [-0.1, -0.05) is 18.2 Å². The predicted octanol–water partition coefficient (Wildman–Crippen LogP) is 2.75. The van der Waals surface area contributed by atoms with E-state index in [4.69, 9.17) is 0 Å². The van der Waals surface area contributed by atoms with E-state index >= 15 is 0 Å². The normalized spacial score (nSPS) is 19.0. The van der Waals surface area contributed by atoms with Crippen LogP contribution in [0.5, 0.6) is 0 Å². The molecule has 6 heteroatoms. The highest BCUT2D eigenvalue weighted by Gasteiger charge is 2.30. The molecule has 1 unspecified atom stereocenters. The predicted molar refractivity (Wildman–Crippen MR) is 78.4 cm³/mol. The number of halogens is 3.